The lowest BCUT2D eigenvalue weighted by molar-refractivity contribution is 0.0501. The zero-order valence-corrected chi connectivity index (χ0v) is 22.0. The van der Waals surface area contributed by atoms with Gasteiger partial charge in [-0.3, -0.25) is 4.79 Å². The number of nitrogens with zero attached hydrogens (tertiary/aromatic N) is 3. The van der Waals surface area contributed by atoms with Crippen molar-refractivity contribution in [1.29, 1.82) is 0 Å². The smallest absolute Gasteiger partial charge is 0.255 e. The monoisotopic (exact) mass is 547 g/mol. The molecule has 1 amide bonds. The maximum absolute atomic E-state index is 13.6. The fourth-order valence-electron chi connectivity index (χ4n) is 4.59. The lowest BCUT2D eigenvalue weighted by Gasteiger charge is -2.26. The average molecular weight is 548 g/mol. The van der Waals surface area contributed by atoms with Gasteiger partial charge in [0, 0.05) is 24.2 Å². The summed E-state index contributed by atoms with van der Waals surface area (Å²) < 4.78 is 34.3. The highest BCUT2D eigenvalue weighted by Crippen LogP contribution is 2.39. The number of aromatic nitrogens is 2. The van der Waals surface area contributed by atoms with Crippen LogP contribution in [-0.2, 0) is 26.9 Å². The standard InChI is InChI=1S/C26H27Cl2N3O4S/c27-19-8-11-23(24(28)13-19)25(32)30(16-22-7-4-12-35-22)15-21-14-29-26(31(21)20-9-10-20)36(33,34)17-18-5-2-1-3-6-18/h1-3,5-6,8,11,13-14,20,22H,4,7,9-10,12,15-17H2. The van der Waals surface area contributed by atoms with Gasteiger partial charge in [0.05, 0.1) is 40.9 Å². The van der Waals surface area contributed by atoms with Crippen LogP contribution in [0.3, 0.4) is 0 Å². The summed E-state index contributed by atoms with van der Waals surface area (Å²) in [6.07, 6.45) is 5.04. The van der Waals surface area contributed by atoms with Gasteiger partial charge in [-0.25, -0.2) is 13.4 Å². The lowest BCUT2D eigenvalue weighted by Crippen LogP contribution is -2.37. The number of ether oxygens (including phenoxy) is 1. The molecule has 2 fully saturated rings. The predicted octanol–water partition coefficient (Wildman–Crippen LogP) is 5.32. The topological polar surface area (TPSA) is 81.5 Å². The molecule has 36 heavy (non-hydrogen) atoms. The van der Waals surface area contributed by atoms with Gasteiger partial charge in [-0.05, 0) is 49.4 Å². The highest BCUT2D eigenvalue weighted by atomic mass is 35.5. The Bertz CT molecular complexity index is 1350. The normalized spacial score (nSPS) is 17.9. The molecule has 3 aromatic rings. The molecule has 2 aliphatic rings. The molecule has 0 bridgehead atoms. The molecule has 10 heteroatoms. The number of hydrogen-bond donors (Lipinski definition) is 0. The summed E-state index contributed by atoms with van der Waals surface area (Å²) in [5.41, 5.74) is 1.73. The van der Waals surface area contributed by atoms with E-state index < -0.39 is 9.84 Å². The van der Waals surface area contributed by atoms with Gasteiger partial charge in [0.15, 0.2) is 0 Å². The highest BCUT2D eigenvalue weighted by molar-refractivity contribution is 7.90. The second-order valence-corrected chi connectivity index (χ2v) is 12.0. The number of amides is 1. The molecule has 1 unspecified atom stereocenters. The van der Waals surface area contributed by atoms with E-state index in [-0.39, 0.29) is 40.5 Å². The Morgan fingerprint density at radius 3 is 2.56 bits per heavy atom. The van der Waals surface area contributed by atoms with Crippen molar-refractivity contribution in [3.05, 3.63) is 81.6 Å². The van der Waals surface area contributed by atoms with E-state index in [0.29, 0.717) is 35.0 Å². The van der Waals surface area contributed by atoms with Gasteiger partial charge in [0.25, 0.3) is 5.91 Å². The Balaban J connectivity index is 1.46. The van der Waals surface area contributed by atoms with Crippen molar-refractivity contribution in [3.63, 3.8) is 0 Å². The number of carbonyl (C=O) groups is 1. The van der Waals surface area contributed by atoms with Gasteiger partial charge in [-0.1, -0.05) is 53.5 Å². The van der Waals surface area contributed by atoms with Crippen LogP contribution in [0.1, 0.15) is 53.3 Å². The second-order valence-electron chi connectivity index (χ2n) is 9.32. The first kappa shape index (κ1) is 25.3. The summed E-state index contributed by atoms with van der Waals surface area (Å²) >= 11 is 12.4. The average Bonchev–Trinajstić information content (AvgIpc) is 3.37. The molecule has 0 N–H and O–H groups in total. The van der Waals surface area contributed by atoms with Crippen LogP contribution in [0.15, 0.2) is 59.9 Å². The van der Waals surface area contributed by atoms with Crippen LogP contribution in [0, 0.1) is 0 Å². The molecule has 1 aliphatic heterocycles. The summed E-state index contributed by atoms with van der Waals surface area (Å²) in [7, 11) is -3.68. The van der Waals surface area contributed by atoms with Crippen LogP contribution in [0.5, 0.6) is 0 Å². The van der Waals surface area contributed by atoms with Gasteiger partial charge in [-0.2, -0.15) is 0 Å². The third-order valence-electron chi connectivity index (χ3n) is 6.48. The quantitative estimate of drug-likeness (QED) is 0.362. The number of carbonyl (C=O) groups excluding carboxylic acids is 1. The first-order valence-corrected chi connectivity index (χ1v) is 14.4. The Hall–Kier alpha value is -2.39. The van der Waals surface area contributed by atoms with Gasteiger partial charge >= 0.3 is 0 Å². The fourth-order valence-corrected chi connectivity index (χ4v) is 6.62. The van der Waals surface area contributed by atoms with Crippen LogP contribution in [0.4, 0.5) is 0 Å². The molecule has 7 nitrogen and oxygen atoms in total. The molecule has 1 saturated carbocycles. The van der Waals surface area contributed by atoms with E-state index in [4.69, 9.17) is 27.9 Å². The summed E-state index contributed by atoms with van der Waals surface area (Å²) in [5.74, 6) is -0.389. The van der Waals surface area contributed by atoms with E-state index >= 15 is 0 Å². The molecule has 0 radical (unpaired) electrons. The van der Waals surface area contributed by atoms with Crippen molar-refractivity contribution in [2.24, 2.45) is 0 Å². The molecule has 190 valence electrons. The minimum Gasteiger partial charge on any atom is -0.376 e. The molecule has 1 saturated heterocycles. The Labute approximate surface area is 220 Å². The van der Waals surface area contributed by atoms with E-state index in [9.17, 15) is 13.2 Å². The minimum absolute atomic E-state index is 0.0536. The Morgan fingerprint density at radius 1 is 1.11 bits per heavy atom. The van der Waals surface area contributed by atoms with Crippen molar-refractivity contribution in [1.82, 2.24) is 14.5 Å². The molecule has 1 aliphatic carbocycles. The Kier molecular flexibility index (Phi) is 7.40. The van der Waals surface area contributed by atoms with E-state index in [2.05, 4.69) is 4.98 Å². The van der Waals surface area contributed by atoms with Gasteiger partial charge in [0.2, 0.25) is 15.0 Å². The summed E-state index contributed by atoms with van der Waals surface area (Å²) in [5, 5.41) is 0.770. The van der Waals surface area contributed by atoms with E-state index in [0.717, 1.165) is 25.7 Å². The van der Waals surface area contributed by atoms with Crippen LogP contribution < -0.4 is 0 Å². The summed E-state index contributed by atoms with van der Waals surface area (Å²) in [6.45, 7) is 1.23. The van der Waals surface area contributed by atoms with Crippen molar-refractivity contribution in [3.8, 4) is 0 Å². The summed E-state index contributed by atoms with van der Waals surface area (Å²) in [4.78, 5) is 19.6. The van der Waals surface area contributed by atoms with Crippen LogP contribution in [0.2, 0.25) is 10.0 Å². The lowest BCUT2D eigenvalue weighted by atomic mass is 10.1. The number of benzene rings is 2. The fraction of sp³-hybridized carbons (Fsp3) is 0.385. The first-order valence-electron chi connectivity index (χ1n) is 12.0. The molecule has 2 aromatic carbocycles. The number of rotatable bonds is 9. The Morgan fingerprint density at radius 2 is 1.89 bits per heavy atom. The zero-order chi connectivity index (χ0) is 25.3. The van der Waals surface area contributed by atoms with Crippen molar-refractivity contribution >= 4 is 38.9 Å². The third-order valence-corrected chi connectivity index (χ3v) is 8.60. The van der Waals surface area contributed by atoms with E-state index in [1.165, 1.54) is 0 Å². The maximum atomic E-state index is 13.6. The number of halogens is 2. The van der Waals surface area contributed by atoms with Gasteiger partial charge in [-0.15, -0.1) is 0 Å². The predicted molar refractivity (Wildman–Crippen MR) is 138 cm³/mol. The molecular weight excluding hydrogens is 521 g/mol. The maximum Gasteiger partial charge on any atom is 0.255 e. The van der Waals surface area contributed by atoms with Gasteiger partial charge in [0.1, 0.15) is 0 Å². The molecule has 1 aromatic heterocycles. The molecular formula is C26H27Cl2N3O4S. The van der Waals surface area contributed by atoms with Crippen LogP contribution >= 0.6 is 23.2 Å². The van der Waals surface area contributed by atoms with E-state index in [1.54, 1.807) is 46.0 Å². The van der Waals surface area contributed by atoms with Gasteiger partial charge < -0.3 is 14.2 Å². The molecule has 2 heterocycles. The van der Waals surface area contributed by atoms with Crippen LogP contribution in [0.25, 0.3) is 0 Å². The highest BCUT2D eigenvalue weighted by Gasteiger charge is 2.35. The minimum atomic E-state index is -3.68. The zero-order valence-electron chi connectivity index (χ0n) is 19.6. The molecule has 1 atom stereocenters. The first-order chi connectivity index (χ1) is 17.3. The van der Waals surface area contributed by atoms with Crippen molar-refractivity contribution in [2.45, 2.75) is 55.3 Å². The number of imidazole rings is 1. The SMILES string of the molecule is O=C(c1ccc(Cl)cc1Cl)N(Cc1cnc(S(=O)(=O)Cc2ccccc2)n1C1CC1)CC1CCCO1. The van der Waals surface area contributed by atoms with Crippen molar-refractivity contribution < 1.29 is 17.9 Å². The second kappa shape index (κ2) is 10.5. The molecule has 5 rings (SSSR count). The van der Waals surface area contributed by atoms with Crippen molar-refractivity contribution in [2.75, 3.05) is 13.2 Å². The number of hydrogen-bond acceptors (Lipinski definition) is 5. The number of sulfone groups is 1. The van der Waals surface area contributed by atoms with Crippen LogP contribution in [-0.4, -0.2) is 48.0 Å². The van der Waals surface area contributed by atoms with E-state index in [1.807, 2.05) is 18.2 Å². The summed E-state index contributed by atoms with van der Waals surface area (Å²) in [6, 6.07) is 13.9. The third kappa shape index (κ3) is 5.62. The molecule has 0 spiro atoms. The largest absolute Gasteiger partial charge is 0.376 e.